The van der Waals surface area contributed by atoms with Gasteiger partial charge in [0.05, 0.1) is 25.1 Å². The Morgan fingerprint density at radius 3 is 2.53 bits per heavy atom. The second-order valence-electron chi connectivity index (χ2n) is 8.28. The largest absolute Gasteiger partial charge is 0.495 e. The first kappa shape index (κ1) is 21.8. The Bertz CT molecular complexity index is 1000. The molecular weight excluding hydrogens is 408 g/mol. The molecule has 1 unspecified atom stereocenters. The zero-order valence-electron chi connectivity index (χ0n) is 18.5. The van der Waals surface area contributed by atoms with Gasteiger partial charge in [0.15, 0.2) is 0 Å². The smallest absolute Gasteiger partial charge is 0.228 e. The molecule has 2 aliphatic heterocycles. The zero-order chi connectivity index (χ0) is 22.7. The van der Waals surface area contributed by atoms with Crippen LogP contribution >= 0.6 is 0 Å². The molecule has 4 rings (SSSR count). The molecule has 2 saturated heterocycles. The Morgan fingerprint density at radius 2 is 1.84 bits per heavy atom. The number of nitrogens with zero attached hydrogens (tertiary/aromatic N) is 4. The quantitative estimate of drug-likeness (QED) is 0.712. The Morgan fingerprint density at radius 1 is 1.09 bits per heavy atom. The van der Waals surface area contributed by atoms with E-state index < -0.39 is 0 Å². The van der Waals surface area contributed by atoms with Crippen molar-refractivity contribution in [2.75, 3.05) is 44.7 Å². The third-order valence-corrected chi connectivity index (χ3v) is 6.10. The highest BCUT2D eigenvalue weighted by atomic mass is 16.5. The lowest BCUT2D eigenvalue weighted by Crippen LogP contribution is -2.52. The first-order valence-corrected chi connectivity index (χ1v) is 10.9. The average Bonchev–Trinajstić information content (AvgIpc) is 3.20. The van der Waals surface area contributed by atoms with Gasteiger partial charge in [-0.2, -0.15) is 0 Å². The van der Waals surface area contributed by atoms with Crippen molar-refractivity contribution in [2.24, 2.45) is 5.92 Å². The lowest BCUT2D eigenvalue weighted by atomic mass is 10.1. The first-order chi connectivity index (χ1) is 15.5. The number of carbonyl (C=O) groups is 3. The van der Waals surface area contributed by atoms with Gasteiger partial charge < -0.3 is 19.4 Å². The molecule has 2 aliphatic rings. The normalized spacial score (nSPS) is 18.8. The Balaban J connectivity index is 1.34. The highest BCUT2D eigenvalue weighted by Gasteiger charge is 2.39. The second-order valence-corrected chi connectivity index (χ2v) is 8.28. The molecule has 3 heterocycles. The summed E-state index contributed by atoms with van der Waals surface area (Å²) >= 11 is 0. The van der Waals surface area contributed by atoms with Crippen LogP contribution in [0.25, 0.3) is 0 Å². The number of aromatic nitrogens is 1. The fourth-order valence-corrected chi connectivity index (χ4v) is 4.32. The van der Waals surface area contributed by atoms with Crippen molar-refractivity contribution in [3.8, 4) is 5.75 Å². The number of ether oxygens (including phenoxy) is 1. The summed E-state index contributed by atoms with van der Waals surface area (Å²) in [5.41, 5.74) is 2.47. The summed E-state index contributed by atoms with van der Waals surface area (Å²) in [6.45, 7) is 4.24. The van der Waals surface area contributed by atoms with E-state index in [0.717, 1.165) is 11.3 Å². The van der Waals surface area contributed by atoms with E-state index in [0.29, 0.717) is 44.2 Å². The van der Waals surface area contributed by atoms with Crippen LogP contribution in [0.2, 0.25) is 0 Å². The summed E-state index contributed by atoms with van der Waals surface area (Å²) < 4.78 is 5.42. The second kappa shape index (κ2) is 9.38. The molecule has 0 spiro atoms. The van der Waals surface area contributed by atoms with Crippen LogP contribution in [0.15, 0.2) is 42.6 Å². The number of piperazine rings is 1. The molecule has 168 valence electrons. The number of hydrogen-bond acceptors (Lipinski definition) is 5. The third-order valence-electron chi connectivity index (χ3n) is 6.10. The summed E-state index contributed by atoms with van der Waals surface area (Å²) in [7, 11) is 1.58. The Kier molecular flexibility index (Phi) is 6.39. The number of methoxy groups -OCH3 is 1. The molecule has 8 heteroatoms. The van der Waals surface area contributed by atoms with Gasteiger partial charge in [-0.05, 0) is 36.8 Å². The molecule has 2 aromatic rings. The number of pyridine rings is 1. The molecule has 3 amide bonds. The van der Waals surface area contributed by atoms with Gasteiger partial charge in [0.1, 0.15) is 5.75 Å². The van der Waals surface area contributed by atoms with Crippen molar-refractivity contribution in [1.29, 1.82) is 0 Å². The van der Waals surface area contributed by atoms with Crippen molar-refractivity contribution in [1.82, 2.24) is 14.8 Å². The van der Waals surface area contributed by atoms with Gasteiger partial charge >= 0.3 is 0 Å². The zero-order valence-corrected chi connectivity index (χ0v) is 18.5. The summed E-state index contributed by atoms with van der Waals surface area (Å²) in [4.78, 5) is 47.8. The molecule has 1 aromatic heterocycles. The van der Waals surface area contributed by atoms with Crippen LogP contribution in [0.4, 0.5) is 5.69 Å². The van der Waals surface area contributed by atoms with E-state index in [2.05, 4.69) is 4.98 Å². The van der Waals surface area contributed by atoms with Gasteiger partial charge in [-0.1, -0.05) is 12.1 Å². The van der Waals surface area contributed by atoms with Crippen LogP contribution in [0.1, 0.15) is 17.7 Å². The van der Waals surface area contributed by atoms with E-state index in [-0.39, 0.29) is 36.5 Å². The fraction of sp³-hybridized carbons (Fsp3) is 0.417. The maximum atomic E-state index is 13.1. The number of aryl methyl sites for hydroxylation is 1. The van der Waals surface area contributed by atoms with Crippen molar-refractivity contribution in [3.05, 3.63) is 53.9 Å². The van der Waals surface area contributed by atoms with Crippen LogP contribution in [0.5, 0.6) is 5.75 Å². The highest BCUT2D eigenvalue weighted by Crippen LogP contribution is 2.34. The maximum Gasteiger partial charge on any atom is 0.228 e. The van der Waals surface area contributed by atoms with Gasteiger partial charge in [-0.3, -0.25) is 19.4 Å². The molecule has 0 N–H and O–H groups in total. The van der Waals surface area contributed by atoms with Crippen LogP contribution in [0, 0.1) is 12.8 Å². The summed E-state index contributed by atoms with van der Waals surface area (Å²) in [5, 5.41) is 0. The Labute approximate surface area is 187 Å². The number of hydrogen-bond donors (Lipinski definition) is 0. The van der Waals surface area contributed by atoms with Crippen molar-refractivity contribution in [2.45, 2.75) is 19.8 Å². The highest BCUT2D eigenvalue weighted by molar-refractivity contribution is 6.01. The van der Waals surface area contributed by atoms with E-state index >= 15 is 0 Å². The molecule has 1 aromatic carbocycles. The molecule has 0 radical (unpaired) electrons. The maximum absolute atomic E-state index is 13.1. The van der Waals surface area contributed by atoms with E-state index in [9.17, 15) is 14.4 Å². The van der Waals surface area contributed by atoms with Gasteiger partial charge in [0.2, 0.25) is 17.7 Å². The molecule has 0 aliphatic carbocycles. The van der Waals surface area contributed by atoms with Crippen molar-refractivity contribution < 1.29 is 19.1 Å². The molecule has 0 saturated carbocycles. The first-order valence-electron chi connectivity index (χ1n) is 10.9. The predicted octanol–water partition coefficient (Wildman–Crippen LogP) is 1.67. The molecule has 2 fully saturated rings. The topological polar surface area (TPSA) is 83.1 Å². The van der Waals surface area contributed by atoms with Gasteiger partial charge in [0.25, 0.3) is 0 Å². The average molecular weight is 437 g/mol. The third kappa shape index (κ3) is 4.59. The number of anilines is 1. The van der Waals surface area contributed by atoms with Crippen LogP contribution in [0.3, 0.4) is 0 Å². The van der Waals surface area contributed by atoms with E-state index in [4.69, 9.17) is 4.74 Å². The minimum atomic E-state index is -0.386. The number of amides is 3. The standard InChI is InChI=1S/C24H28N4O4/c1-17-6-7-21(32-2)20(13-17)28-16-18(14-23(28)30)24(31)27-11-9-26(10-12-27)22(29)15-19-5-3-4-8-25-19/h3-8,13,18H,9-12,14-16H2,1-2H3. The van der Waals surface area contributed by atoms with Crippen LogP contribution < -0.4 is 9.64 Å². The predicted molar refractivity (Wildman–Crippen MR) is 119 cm³/mol. The van der Waals surface area contributed by atoms with E-state index in [1.165, 1.54) is 0 Å². The van der Waals surface area contributed by atoms with Gasteiger partial charge in [0, 0.05) is 51.0 Å². The number of benzene rings is 1. The van der Waals surface area contributed by atoms with Gasteiger partial charge in [-0.15, -0.1) is 0 Å². The molecule has 1 atom stereocenters. The lowest BCUT2D eigenvalue weighted by molar-refractivity contribution is -0.141. The monoisotopic (exact) mass is 436 g/mol. The number of rotatable bonds is 5. The minimum Gasteiger partial charge on any atom is -0.495 e. The summed E-state index contributed by atoms with van der Waals surface area (Å²) in [6.07, 6.45) is 2.13. The Hall–Kier alpha value is -3.42. The minimum absolute atomic E-state index is 0.0181. The molecule has 0 bridgehead atoms. The number of carbonyl (C=O) groups excluding carboxylic acids is 3. The molecule has 32 heavy (non-hydrogen) atoms. The summed E-state index contributed by atoms with van der Waals surface area (Å²) in [6, 6.07) is 11.2. The van der Waals surface area contributed by atoms with E-state index in [1.54, 1.807) is 28.0 Å². The van der Waals surface area contributed by atoms with Gasteiger partial charge in [-0.25, -0.2) is 0 Å². The molecular formula is C24H28N4O4. The van der Waals surface area contributed by atoms with Crippen molar-refractivity contribution in [3.63, 3.8) is 0 Å². The van der Waals surface area contributed by atoms with E-state index in [1.807, 2.05) is 43.3 Å². The fourth-order valence-electron chi connectivity index (χ4n) is 4.32. The lowest BCUT2D eigenvalue weighted by Gasteiger charge is -2.36. The molecule has 8 nitrogen and oxygen atoms in total. The van der Waals surface area contributed by atoms with Crippen LogP contribution in [-0.4, -0.2) is 72.3 Å². The summed E-state index contributed by atoms with van der Waals surface area (Å²) in [5.74, 6) is 0.158. The SMILES string of the molecule is COc1ccc(C)cc1N1CC(C(=O)N2CCN(C(=O)Cc3ccccn3)CC2)CC1=O. The van der Waals surface area contributed by atoms with Crippen LogP contribution in [-0.2, 0) is 20.8 Å². The van der Waals surface area contributed by atoms with Crippen molar-refractivity contribution >= 4 is 23.4 Å².